The maximum atomic E-state index is 15.4. The molecule has 0 aliphatic heterocycles. The fourth-order valence-electron chi connectivity index (χ4n) is 4.99. The topological polar surface area (TPSA) is 102 Å². The summed E-state index contributed by atoms with van der Waals surface area (Å²) in [5, 5.41) is 28.1. The average molecular weight is 491 g/mol. The molecule has 1 unspecified atom stereocenters. The van der Waals surface area contributed by atoms with Gasteiger partial charge in [0.2, 0.25) is 0 Å². The van der Waals surface area contributed by atoms with E-state index in [1.807, 2.05) is 30.5 Å². The van der Waals surface area contributed by atoms with E-state index < -0.39 is 17.5 Å². The van der Waals surface area contributed by atoms with Gasteiger partial charge in [0, 0.05) is 35.6 Å². The number of aliphatic hydroxyl groups is 2. The van der Waals surface area contributed by atoms with E-state index in [9.17, 15) is 10.2 Å². The number of pyridine rings is 1. The number of H-pyrrole nitrogens is 1. The van der Waals surface area contributed by atoms with E-state index in [4.69, 9.17) is 4.74 Å². The van der Waals surface area contributed by atoms with E-state index in [-0.39, 0.29) is 5.75 Å². The first kappa shape index (κ1) is 24.1. The zero-order valence-corrected chi connectivity index (χ0v) is 20.7. The number of nitrogens with zero attached hydrogens (tertiary/aromatic N) is 1. The molecule has 36 heavy (non-hydrogen) atoms. The maximum Gasteiger partial charge on any atom is 0.190 e. The van der Waals surface area contributed by atoms with Gasteiger partial charge in [0.25, 0.3) is 0 Å². The summed E-state index contributed by atoms with van der Waals surface area (Å²) in [6.07, 6.45) is 5.03. The molecule has 0 spiro atoms. The highest BCUT2D eigenvalue weighted by atomic mass is 19.1. The third-order valence-electron chi connectivity index (χ3n) is 6.81. The van der Waals surface area contributed by atoms with Crippen molar-refractivity contribution in [1.29, 1.82) is 0 Å². The predicted molar refractivity (Wildman–Crippen MR) is 139 cm³/mol. The Hall–Kier alpha value is -3.62. The average Bonchev–Trinajstić information content (AvgIpc) is 3.44. The Morgan fingerprint density at radius 2 is 1.97 bits per heavy atom. The summed E-state index contributed by atoms with van der Waals surface area (Å²) in [5.41, 5.74) is 5.15. The zero-order valence-electron chi connectivity index (χ0n) is 20.7. The van der Waals surface area contributed by atoms with E-state index in [2.05, 4.69) is 20.6 Å². The molecule has 2 heterocycles. The van der Waals surface area contributed by atoms with Crippen LogP contribution >= 0.6 is 0 Å². The van der Waals surface area contributed by atoms with E-state index in [0.717, 1.165) is 33.3 Å². The number of aliphatic hydroxyl groups excluding tert-OH is 1. The minimum absolute atomic E-state index is 0.117. The number of hydrogen-bond acceptors (Lipinski definition) is 6. The third kappa shape index (κ3) is 4.38. The minimum atomic E-state index is -0.953. The van der Waals surface area contributed by atoms with Gasteiger partial charge in [-0.05, 0) is 62.4 Å². The molecule has 7 nitrogen and oxygen atoms in total. The summed E-state index contributed by atoms with van der Waals surface area (Å²) in [7, 11) is 1.44. The summed E-state index contributed by atoms with van der Waals surface area (Å²) >= 11 is 0. The Labute approximate surface area is 209 Å². The molecule has 5 rings (SSSR count). The lowest BCUT2D eigenvalue weighted by Crippen LogP contribution is -2.15. The highest BCUT2D eigenvalue weighted by molar-refractivity contribution is 5.86. The second-order valence-electron chi connectivity index (χ2n) is 9.69. The van der Waals surface area contributed by atoms with Crippen molar-refractivity contribution in [3.8, 4) is 5.75 Å². The van der Waals surface area contributed by atoms with Gasteiger partial charge in [0.1, 0.15) is 0 Å². The summed E-state index contributed by atoms with van der Waals surface area (Å²) in [5.74, 6) is -0.359. The SMILES string of the molecule is COc1c(Nc2ccnc3c2CCC3O)ccc(NCCc2c[nH]c3c(C(C)(C)O)cccc23)c1F. The van der Waals surface area contributed by atoms with Crippen molar-refractivity contribution in [3.05, 3.63) is 77.0 Å². The molecule has 1 aliphatic carbocycles. The predicted octanol–water partition coefficient (Wildman–Crippen LogP) is 5.32. The lowest BCUT2D eigenvalue weighted by Gasteiger charge is -2.18. The molecule has 5 N–H and O–H groups in total. The lowest BCUT2D eigenvalue weighted by atomic mass is 9.95. The van der Waals surface area contributed by atoms with Crippen molar-refractivity contribution in [1.82, 2.24) is 9.97 Å². The monoisotopic (exact) mass is 490 g/mol. The van der Waals surface area contributed by atoms with Crippen LogP contribution in [-0.2, 0) is 18.4 Å². The van der Waals surface area contributed by atoms with Crippen molar-refractivity contribution in [2.24, 2.45) is 0 Å². The molecule has 1 atom stereocenters. The molecule has 2 aromatic heterocycles. The summed E-state index contributed by atoms with van der Waals surface area (Å²) in [6, 6.07) is 11.2. The third-order valence-corrected chi connectivity index (χ3v) is 6.81. The fourth-order valence-corrected chi connectivity index (χ4v) is 4.99. The second-order valence-corrected chi connectivity index (χ2v) is 9.69. The summed E-state index contributed by atoms with van der Waals surface area (Å²) < 4.78 is 20.8. The van der Waals surface area contributed by atoms with E-state index in [1.54, 1.807) is 32.2 Å². The van der Waals surface area contributed by atoms with Gasteiger partial charge in [-0.1, -0.05) is 18.2 Å². The Kier molecular flexibility index (Phi) is 6.32. The van der Waals surface area contributed by atoms with Gasteiger partial charge in [-0.2, -0.15) is 0 Å². The van der Waals surface area contributed by atoms with Crippen LogP contribution in [0.25, 0.3) is 10.9 Å². The van der Waals surface area contributed by atoms with Gasteiger partial charge < -0.3 is 30.6 Å². The largest absolute Gasteiger partial charge is 0.492 e. The molecular weight excluding hydrogens is 459 g/mol. The van der Waals surface area contributed by atoms with Crippen molar-refractivity contribution in [2.75, 3.05) is 24.3 Å². The highest BCUT2D eigenvalue weighted by Crippen LogP contribution is 2.39. The van der Waals surface area contributed by atoms with Gasteiger partial charge in [-0.15, -0.1) is 0 Å². The molecule has 0 saturated carbocycles. The number of methoxy groups -OCH3 is 1. The highest BCUT2D eigenvalue weighted by Gasteiger charge is 2.25. The van der Waals surface area contributed by atoms with Crippen LogP contribution < -0.4 is 15.4 Å². The van der Waals surface area contributed by atoms with Crippen molar-refractivity contribution < 1.29 is 19.3 Å². The minimum Gasteiger partial charge on any atom is -0.492 e. The number of halogens is 1. The van der Waals surface area contributed by atoms with Crippen molar-refractivity contribution in [2.45, 2.75) is 44.8 Å². The number of ether oxygens (including phenoxy) is 1. The number of anilines is 3. The first-order chi connectivity index (χ1) is 17.3. The van der Waals surface area contributed by atoms with Gasteiger partial charge in [-0.25, -0.2) is 4.39 Å². The summed E-state index contributed by atoms with van der Waals surface area (Å²) in [6.45, 7) is 4.05. The molecule has 0 amide bonds. The van der Waals surface area contributed by atoms with Crippen molar-refractivity contribution >= 4 is 28.0 Å². The maximum absolute atomic E-state index is 15.4. The number of para-hydroxylation sites is 1. The second kappa shape index (κ2) is 9.44. The van der Waals surface area contributed by atoms with E-state index in [1.165, 1.54) is 7.11 Å². The molecule has 0 fully saturated rings. The Morgan fingerprint density at radius 1 is 1.17 bits per heavy atom. The van der Waals surface area contributed by atoms with Crippen LogP contribution in [0.4, 0.5) is 21.5 Å². The number of nitrogens with one attached hydrogen (secondary N) is 3. The number of rotatable bonds is 8. The van der Waals surface area contributed by atoms with Gasteiger partial charge in [0.05, 0.1) is 41.4 Å². The zero-order chi connectivity index (χ0) is 25.4. The van der Waals surface area contributed by atoms with Gasteiger partial charge in [0.15, 0.2) is 11.6 Å². The van der Waals surface area contributed by atoms with Crippen molar-refractivity contribution in [3.63, 3.8) is 0 Å². The first-order valence-electron chi connectivity index (χ1n) is 12.1. The molecule has 188 valence electrons. The van der Waals surface area contributed by atoms with Gasteiger partial charge >= 0.3 is 0 Å². The number of hydrogen-bond donors (Lipinski definition) is 5. The standard InChI is InChI=1S/C28H31FN4O3/c1-28(2,35)19-6-4-5-17-16(15-32-25(17)19)11-13-30-21-8-9-22(27(36-3)24(21)29)33-20-12-14-31-26-18(20)7-10-23(26)34/h4-6,8-9,12,14-15,23,30,32,34-35H,7,10-11,13H2,1-3H3,(H,31,33). The quantitative estimate of drug-likeness (QED) is 0.229. The Bertz CT molecular complexity index is 1410. The van der Waals surface area contributed by atoms with Crippen LogP contribution in [0.5, 0.6) is 5.75 Å². The summed E-state index contributed by atoms with van der Waals surface area (Å²) in [4.78, 5) is 7.57. The first-order valence-corrected chi connectivity index (χ1v) is 12.1. The number of aromatic amines is 1. The van der Waals surface area contributed by atoms with Crippen LogP contribution in [0.1, 0.15) is 48.8 Å². The normalized spacial score (nSPS) is 15.2. The number of benzene rings is 2. The number of fused-ring (bicyclic) bond motifs is 2. The van der Waals surface area contributed by atoms with Crippen LogP contribution in [0.2, 0.25) is 0 Å². The molecule has 8 heteroatoms. The molecule has 0 radical (unpaired) electrons. The van der Waals surface area contributed by atoms with Gasteiger partial charge in [-0.3, -0.25) is 4.98 Å². The smallest absolute Gasteiger partial charge is 0.190 e. The number of aromatic nitrogens is 2. The molecule has 4 aromatic rings. The van der Waals surface area contributed by atoms with Crippen LogP contribution in [0.3, 0.4) is 0 Å². The van der Waals surface area contributed by atoms with E-state index in [0.29, 0.717) is 42.9 Å². The molecule has 0 saturated heterocycles. The lowest BCUT2D eigenvalue weighted by molar-refractivity contribution is 0.0800. The fraction of sp³-hybridized carbons (Fsp3) is 0.321. The van der Waals surface area contributed by atoms with E-state index >= 15 is 4.39 Å². The Balaban J connectivity index is 1.32. The molecule has 0 bridgehead atoms. The van der Waals surface area contributed by atoms with Crippen LogP contribution in [-0.4, -0.2) is 33.8 Å². The molecule has 2 aromatic carbocycles. The van der Waals surface area contributed by atoms with Crippen LogP contribution in [0, 0.1) is 5.82 Å². The van der Waals surface area contributed by atoms with Crippen LogP contribution in [0.15, 0.2) is 48.8 Å². The molecular formula is C28H31FN4O3. The Morgan fingerprint density at radius 3 is 2.75 bits per heavy atom. The molecule has 1 aliphatic rings.